The molecule has 0 heterocycles. The second-order valence-electron chi connectivity index (χ2n) is 4.89. The fraction of sp³-hybridized carbons (Fsp3) is 0.462. The standard InChI is InChI=1S/C13H17FO4/c1-7-5-8(13(2,3)6-9(15)16)10(14)11(17)12(7)18-4/h5,17H,6H2,1-4H3,(H,15,16). The van der Waals surface area contributed by atoms with Gasteiger partial charge in [-0.05, 0) is 24.1 Å². The molecule has 0 aromatic heterocycles. The molecule has 1 rings (SSSR count). The molecule has 0 fully saturated rings. The van der Waals surface area contributed by atoms with Gasteiger partial charge in [0.2, 0.25) is 0 Å². The van der Waals surface area contributed by atoms with E-state index in [1.54, 1.807) is 20.8 Å². The lowest BCUT2D eigenvalue weighted by Gasteiger charge is -2.25. The highest BCUT2D eigenvalue weighted by Crippen LogP contribution is 2.40. The zero-order chi connectivity index (χ0) is 14.1. The number of hydrogen-bond acceptors (Lipinski definition) is 3. The normalized spacial score (nSPS) is 11.4. The van der Waals surface area contributed by atoms with E-state index in [9.17, 15) is 14.3 Å². The third-order valence-electron chi connectivity index (χ3n) is 2.90. The summed E-state index contributed by atoms with van der Waals surface area (Å²) in [6.07, 6.45) is -0.227. The number of ether oxygens (including phenoxy) is 1. The monoisotopic (exact) mass is 256 g/mol. The van der Waals surface area contributed by atoms with E-state index in [1.165, 1.54) is 13.2 Å². The summed E-state index contributed by atoms with van der Waals surface area (Å²) in [5.74, 6) is -2.36. The van der Waals surface area contributed by atoms with Crippen LogP contribution in [-0.2, 0) is 10.2 Å². The molecule has 0 saturated carbocycles. The third-order valence-corrected chi connectivity index (χ3v) is 2.90. The molecule has 2 N–H and O–H groups in total. The summed E-state index contributed by atoms with van der Waals surface area (Å²) in [5.41, 5.74) is -0.185. The van der Waals surface area contributed by atoms with Crippen molar-refractivity contribution in [1.82, 2.24) is 0 Å². The summed E-state index contributed by atoms with van der Waals surface area (Å²) < 4.78 is 19.0. The Morgan fingerprint density at radius 3 is 2.50 bits per heavy atom. The summed E-state index contributed by atoms with van der Waals surface area (Å²) in [6.45, 7) is 4.90. The largest absolute Gasteiger partial charge is 0.502 e. The summed E-state index contributed by atoms with van der Waals surface area (Å²) >= 11 is 0. The van der Waals surface area contributed by atoms with Crippen LogP contribution in [0, 0.1) is 12.7 Å². The zero-order valence-electron chi connectivity index (χ0n) is 10.9. The first-order chi connectivity index (χ1) is 8.20. The predicted octanol–water partition coefficient (Wildman–Crippen LogP) is 2.60. The Balaban J connectivity index is 3.39. The molecule has 0 radical (unpaired) electrons. The van der Waals surface area contributed by atoms with Crippen molar-refractivity contribution in [2.45, 2.75) is 32.6 Å². The van der Waals surface area contributed by atoms with Crippen molar-refractivity contribution in [3.05, 3.63) is 23.0 Å². The van der Waals surface area contributed by atoms with Gasteiger partial charge in [0.25, 0.3) is 0 Å². The van der Waals surface area contributed by atoms with Gasteiger partial charge < -0.3 is 14.9 Å². The fourth-order valence-electron chi connectivity index (χ4n) is 1.98. The zero-order valence-corrected chi connectivity index (χ0v) is 10.9. The molecule has 0 saturated heterocycles. The Morgan fingerprint density at radius 2 is 2.06 bits per heavy atom. The van der Waals surface area contributed by atoms with Crippen molar-refractivity contribution in [3.8, 4) is 11.5 Å². The molecule has 0 aliphatic rings. The van der Waals surface area contributed by atoms with Gasteiger partial charge in [0.15, 0.2) is 17.3 Å². The lowest BCUT2D eigenvalue weighted by atomic mass is 9.80. The second kappa shape index (κ2) is 4.84. The number of hydrogen-bond donors (Lipinski definition) is 2. The van der Waals surface area contributed by atoms with Crippen LogP contribution >= 0.6 is 0 Å². The minimum Gasteiger partial charge on any atom is -0.502 e. The van der Waals surface area contributed by atoms with Gasteiger partial charge in [-0.3, -0.25) is 4.79 Å². The lowest BCUT2D eigenvalue weighted by Crippen LogP contribution is -2.23. The maximum absolute atomic E-state index is 14.1. The Morgan fingerprint density at radius 1 is 1.50 bits per heavy atom. The number of phenols is 1. The first kappa shape index (κ1) is 14.3. The molecule has 0 spiro atoms. The van der Waals surface area contributed by atoms with Crippen LogP contribution < -0.4 is 4.74 Å². The van der Waals surface area contributed by atoms with Crippen molar-refractivity contribution in [2.75, 3.05) is 7.11 Å². The smallest absolute Gasteiger partial charge is 0.304 e. The van der Waals surface area contributed by atoms with Gasteiger partial charge in [0.1, 0.15) is 0 Å². The van der Waals surface area contributed by atoms with Crippen LogP contribution in [0.1, 0.15) is 31.4 Å². The molecule has 0 amide bonds. The van der Waals surface area contributed by atoms with Gasteiger partial charge in [-0.25, -0.2) is 4.39 Å². The van der Waals surface area contributed by atoms with Gasteiger partial charge >= 0.3 is 5.97 Å². The van der Waals surface area contributed by atoms with Crippen LogP contribution in [-0.4, -0.2) is 23.3 Å². The Hall–Kier alpha value is -1.78. The number of aliphatic carboxylic acids is 1. The third kappa shape index (κ3) is 2.55. The number of carbonyl (C=O) groups is 1. The van der Waals surface area contributed by atoms with Gasteiger partial charge in [0, 0.05) is 5.41 Å². The Kier molecular flexibility index (Phi) is 3.84. The molecule has 5 heteroatoms. The van der Waals surface area contributed by atoms with Crippen LogP contribution in [0.5, 0.6) is 11.5 Å². The number of halogens is 1. The van der Waals surface area contributed by atoms with Crippen LogP contribution in [0.3, 0.4) is 0 Å². The van der Waals surface area contributed by atoms with Gasteiger partial charge in [0.05, 0.1) is 13.5 Å². The number of benzene rings is 1. The van der Waals surface area contributed by atoms with Crippen LogP contribution in [0.4, 0.5) is 4.39 Å². The SMILES string of the molecule is COc1c(C)cc(C(C)(C)CC(=O)O)c(F)c1O. The number of methoxy groups -OCH3 is 1. The van der Waals surface area contributed by atoms with E-state index in [4.69, 9.17) is 9.84 Å². The van der Waals surface area contributed by atoms with Gasteiger partial charge in [-0.15, -0.1) is 0 Å². The van der Waals surface area contributed by atoms with Crippen LogP contribution in [0.2, 0.25) is 0 Å². The van der Waals surface area contributed by atoms with Crippen molar-refractivity contribution in [2.24, 2.45) is 0 Å². The highest BCUT2D eigenvalue weighted by Gasteiger charge is 2.30. The Labute approximate surface area is 105 Å². The van der Waals surface area contributed by atoms with Crippen molar-refractivity contribution >= 4 is 5.97 Å². The summed E-state index contributed by atoms with van der Waals surface area (Å²) in [5, 5.41) is 18.5. The molecule has 0 unspecified atom stereocenters. The molecule has 4 nitrogen and oxygen atoms in total. The van der Waals surface area contributed by atoms with E-state index in [0.29, 0.717) is 5.56 Å². The molecule has 100 valence electrons. The molecular formula is C13H17FO4. The van der Waals surface area contributed by atoms with Gasteiger partial charge in [-0.1, -0.05) is 13.8 Å². The topological polar surface area (TPSA) is 66.8 Å². The minimum atomic E-state index is -1.02. The van der Waals surface area contributed by atoms with Gasteiger partial charge in [-0.2, -0.15) is 0 Å². The number of carboxylic acids is 1. The van der Waals surface area contributed by atoms with Crippen LogP contribution in [0.25, 0.3) is 0 Å². The average molecular weight is 256 g/mol. The number of carboxylic acid groups (broad SMARTS) is 1. The molecule has 1 aromatic carbocycles. The van der Waals surface area contributed by atoms with Crippen molar-refractivity contribution in [1.29, 1.82) is 0 Å². The molecule has 0 aliphatic carbocycles. The van der Waals surface area contributed by atoms with E-state index in [0.717, 1.165) is 0 Å². The van der Waals surface area contributed by atoms with Crippen LogP contribution in [0.15, 0.2) is 6.07 Å². The Bertz CT molecular complexity index is 480. The second-order valence-corrected chi connectivity index (χ2v) is 4.89. The van der Waals surface area contributed by atoms with E-state index < -0.39 is 23.0 Å². The van der Waals surface area contributed by atoms with E-state index in [-0.39, 0.29) is 17.7 Å². The molecule has 1 aromatic rings. The fourth-order valence-corrected chi connectivity index (χ4v) is 1.98. The minimum absolute atomic E-state index is 0.0716. The average Bonchev–Trinajstić information content (AvgIpc) is 2.22. The molecular weight excluding hydrogens is 239 g/mol. The predicted molar refractivity (Wildman–Crippen MR) is 64.6 cm³/mol. The summed E-state index contributed by atoms with van der Waals surface area (Å²) in [7, 11) is 1.34. The summed E-state index contributed by atoms with van der Waals surface area (Å²) in [6, 6.07) is 1.51. The maximum Gasteiger partial charge on any atom is 0.304 e. The molecule has 0 bridgehead atoms. The summed E-state index contributed by atoms with van der Waals surface area (Å²) in [4.78, 5) is 10.8. The lowest BCUT2D eigenvalue weighted by molar-refractivity contribution is -0.138. The van der Waals surface area contributed by atoms with Crippen molar-refractivity contribution in [3.63, 3.8) is 0 Å². The number of phenolic OH excluding ortho intramolecular Hbond substituents is 1. The molecule has 0 aliphatic heterocycles. The number of rotatable bonds is 4. The first-order valence-corrected chi connectivity index (χ1v) is 5.49. The van der Waals surface area contributed by atoms with Crippen molar-refractivity contribution < 1.29 is 24.1 Å². The van der Waals surface area contributed by atoms with E-state index >= 15 is 0 Å². The molecule has 18 heavy (non-hydrogen) atoms. The quantitative estimate of drug-likeness (QED) is 0.869. The van der Waals surface area contributed by atoms with E-state index in [2.05, 4.69) is 0 Å². The molecule has 0 atom stereocenters. The highest BCUT2D eigenvalue weighted by molar-refractivity contribution is 5.69. The highest BCUT2D eigenvalue weighted by atomic mass is 19.1. The first-order valence-electron chi connectivity index (χ1n) is 5.49. The number of aromatic hydroxyl groups is 1. The maximum atomic E-state index is 14.1. The number of aryl methyl sites for hydroxylation is 1. The van der Waals surface area contributed by atoms with E-state index in [1.807, 2.05) is 0 Å².